The van der Waals surface area contributed by atoms with E-state index in [1.165, 1.54) is 16.2 Å². The molecule has 0 aliphatic carbocycles. The zero-order valence-corrected chi connectivity index (χ0v) is 18.8. The lowest BCUT2D eigenvalue weighted by molar-refractivity contribution is -0.140. The van der Waals surface area contributed by atoms with Crippen molar-refractivity contribution in [2.75, 3.05) is 14.2 Å². The van der Waals surface area contributed by atoms with Gasteiger partial charge in [0.05, 0.1) is 25.8 Å². The summed E-state index contributed by atoms with van der Waals surface area (Å²) in [4.78, 5) is 28.5. The molecule has 1 aliphatic heterocycles. The van der Waals surface area contributed by atoms with Crippen LogP contribution in [0, 0.1) is 6.92 Å². The van der Waals surface area contributed by atoms with Gasteiger partial charge in [-0.1, -0.05) is 18.2 Å². The number of ether oxygens (including phenoxy) is 2. The highest BCUT2D eigenvalue weighted by Crippen LogP contribution is 2.42. The summed E-state index contributed by atoms with van der Waals surface area (Å²) in [5.74, 6) is -0.129. The lowest BCUT2D eigenvalue weighted by Gasteiger charge is -2.24. The minimum atomic E-state index is -0.692. The normalized spacial score (nSPS) is 17.6. The van der Waals surface area contributed by atoms with Crippen LogP contribution in [0.3, 0.4) is 0 Å². The second kappa shape index (κ2) is 8.88. The maximum Gasteiger partial charge on any atom is 0.295 e. The van der Waals surface area contributed by atoms with E-state index in [9.17, 15) is 14.7 Å². The third-order valence-electron chi connectivity index (χ3n) is 5.53. The number of methoxy groups -OCH3 is 2. The number of carbonyl (C=O) groups excluding carboxylic acids is 2. The molecule has 1 fully saturated rings. The van der Waals surface area contributed by atoms with Gasteiger partial charge in [0.2, 0.25) is 0 Å². The van der Waals surface area contributed by atoms with Gasteiger partial charge in [0.15, 0.2) is 0 Å². The first-order chi connectivity index (χ1) is 15.4. The van der Waals surface area contributed by atoms with Crippen molar-refractivity contribution in [1.82, 2.24) is 4.90 Å². The van der Waals surface area contributed by atoms with E-state index in [-0.39, 0.29) is 17.9 Å². The number of amides is 1. The van der Waals surface area contributed by atoms with Crippen LogP contribution in [0.15, 0.2) is 65.6 Å². The summed E-state index contributed by atoms with van der Waals surface area (Å²) in [6.45, 7) is 2.09. The molecule has 164 valence electrons. The fourth-order valence-electron chi connectivity index (χ4n) is 3.89. The molecule has 1 aromatic heterocycles. The van der Waals surface area contributed by atoms with Crippen molar-refractivity contribution in [3.05, 3.63) is 87.1 Å². The first kappa shape index (κ1) is 21.6. The summed E-state index contributed by atoms with van der Waals surface area (Å²) in [7, 11) is 3.16. The van der Waals surface area contributed by atoms with E-state index in [4.69, 9.17) is 9.47 Å². The van der Waals surface area contributed by atoms with E-state index in [1.807, 2.05) is 48.7 Å². The molecule has 1 saturated heterocycles. The molecule has 1 aliphatic rings. The number of carbonyl (C=O) groups is 2. The molecule has 0 saturated carbocycles. The molecular weight excluding hydrogens is 426 g/mol. The smallest absolute Gasteiger partial charge is 0.295 e. The molecule has 3 aromatic rings. The van der Waals surface area contributed by atoms with Crippen LogP contribution in [0.5, 0.6) is 11.5 Å². The predicted molar refractivity (Wildman–Crippen MR) is 123 cm³/mol. The quantitative estimate of drug-likeness (QED) is 0.336. The van der Waals surface area contributed by atoms with Gasteiger partial charge < -0.3 is 19.5 Å². The van der Waals surface area contributed by atoms with Gasteiger partial charge in [-0.05, 0) is 59.8 Å². The van der Waals surface area contributed by atoms with Crippen LogP contribution in [0.25, 0.3) is 5.76 Å². The number of rotatable bonds is 6. The molecule has 0 bridgehead atoms. The van der Waals surface area contributed by atoms with Crippen molar-refractivity contribution >= 4 is 28.8 Å². The van der Waals surface area contributed by atoms with Gasteiger partial charge in [-0.25, -0.2) is 0 Å². The van der Waals surface area contributed by atoms with Crippen LogP contribution < -0.4 is 9.47 Å². The number of hydrogen-bond donors (Lipinski definition) is 1. The van der Waals surface area contributed by atoms with Crippen molar-refractivity contribution in [2.45, 2.75) is 19.5 Å². The summed E-state index contributed by atoms with van der Waals surface area (Å²) in [5, 5.41) is 13.0. The number of nitrogens with zero attached hydrogens (tertiary/aromatic N) is 1. The van der Waals surface area contributed by atoms with E-state index in [0.717, 1.165) is 16.0 Å². The molecule has 0 spiro atoms. The zero-order valence-electron chi connectivity index (χ0n) is 18.0. The standard InChI is InChI=1S/C25H23NO5S/c1-15-13-17(8-11-19(15)31-3)23(27)21-22(20-5-4-12-32-20)26(25(29)24(21)28)14-16-6-9-18(30-2)10-7-16/h4-13,22,27H,14H2,1-3H3/b23-21-. The van der Waals surface area contributed by atoms with Gasteiger partial charge in [0.1, 0.15) is 17.3 Å². The molecule has 2 aromatic carbocycles. The summed E-state index contributed by atoms with van der Waals surface area (Å²) in [6.07, 6.45) is 0. The Morgan fingerprint density at radius 3 is 2.41 bits per heavy atom. The topological polar surface area (TPSA) is 76.1 Å². The number of thiophene rings is 1. The molecule has 1 atom stereocenters. The number of likely N-dealkylation sites (tertiary alicyclic amines) is 1. The first-order valence-electron chi connectivity index (χ1n) is 10.0. The fraction of sp³-hybridized carbons (Fsp3) is 0.200. The SMILES string of the molecule is COc1ccc(CN2C(=O)C(=O)/C(=C(\O)c3ccc(OC)c(C)c3)C2c2cccs2)cc1. The number of benzene rings is 2. The second-order valence-corrected chi connectivity index (χ2v) is 8.45. The Hall–Kier alpha value is -3.58. The van der Waals surface area contributed by atoms with E-state index in [0.29, 0.717) is 17.1 Å². The van der Waals surface area contributed by atoms with Crippen LogP contribution in [-0.2, 0) is 16.1 Å². The largest absolute Gasteiger partial charge is 0.507 e. The third kappa shape index (κ3) is 3.87. The third-order valence-corrected chi connectivity index (χ3v) is 6.46. The number of ketones is 1. The lowest BCUT2D eigenvalue weighted by atomic mass is 9.98. The lowest BCUT2D eigenvalue weighted by Crippen LogP contribution is -2.28. The number of Topliss-reactive ketones (excluding diaryl/α,β-unsaturated/α-hetero) is 1. The van der Waals surface area contributed by atoms with Crippen molar-refractivity contribution < 1.29 is 24.2 Å². The average Bonchev–Trinajstić information content (AvgIpc) is 3.42. The molecule has 6 nitrogen and oxygen atoms in total. The highest BCUT2D eigenvalue weighted by Gasteiger charge is 2.46. The van der Waals surface area contributed by atoms with Crippen LogP contribution in [0.1, 0.15) is 27.6 Å². The van der Waals surface area contributed by atoms with Gasteiger partial charge in [-0.2, -0.15) is 0 Å². The van der Waals surface area contributed by atoms with Gasteiger partial charge in [0, 0.05) is 17.0 Å². The molecule has 1 N–H and O–H groups in total. The Morgan fingerprint density at radius 2 is 1.81 bits per heavy atom. The molecule has 4 rings (SSSR count). The van der Waals surface area contributed by atoms with Crippen molar-refractivity contribution in [1.29, 1.82) is 0 Å². The highest BCUT2D eigenvalue weighted by atomic mass is 32.1. The van der Waals surface area contributed by atoms with E-state index in [2.05, 4.69) is 0 Å². The molecule has 2 heterocycles. The second-order valence-electron chi connectivity index (χ2n) is 7.47. The fourth-order valence-corrected chi connectivity index (χ4v) is 4.74. The van der Waals surface area contributed by atoms with Crippen molar-refractivity contribution in [3.63, 3.8) is 0 Å². The molecule has 1 unspecified atom stereocenters. The first-order valence-corrected chi connectivity index (χ1v) is 10.9. The van der Waals surface area contributed by atoms with Crippen LogP contribution in [-0.4, -0.2) is 35.9 Å². The van der Waals surface area contributed by atoms with E-state index in [1.54, 1.807) is 32.4 Å². The zero-order chi connectivity index (χ0) is 22.8. The van der Waals surface area contributed by atoms with E-state index < -0.39 is 17.7 Å². The molecule has 32 heavy (non-hydrogen) atoms. The highest BCUT2D eigenvalue weighted by molar-refractivity contribution is 7.10. The van der Waals surface area contributed by atoms with Gasteiger partial charge >= 0.3 is 0 Å². The Morgan fingerprint density at radius 1 is 1.06 bits per heavy atom. The Labute approximate surface area is 190 Å². The molecule has 0 radical (unpaired) electrons. The summed E-state index contributed by atoms with van der Waals surface area (Å²) >= 11 is 1.44. The minimum Gasteiger partial charge on any atom is -0.507 e. The van der Waals surface area contributed by atoms with Gasteiger partial charge in [0.25, 0.3) is 11.7 Å². The Kier molecular flexibility index (Phi) is 6.01. The molecule has 1 amide bonds. The Balaban J connectivity index is 1.79. The van der Waals surface area contributed by atoms with Crippen LogP contribution in [0.2, 0.25) is 0 Å². The summed E-state index contributed by atoms with van der Waals surface area (Å²) in [6, 6.07) is 15.6. The maximum atomic E-state index is 13.1. The monoisotopic (exact) mass is 449 g/mol. The maximum absolute atomic E-state index is 13.1. The summed E-state index contributed by atoms with van der Waals surface area (Å²) in [5.41, 5.74) is 2.23. The molecular formula is C25H23NO5S. The number of aliphatic hydroxyl groups is 1. The molecule has 7 heteroatoms. The number of aryl methyl sites for hydroxylation is 1. The predicted octanol–water partition coefficient (Wildman–Crippen LogP) is 4.70. The summed E-state index contributed by atoms with van der Waals surface area (Å²) < 4.78 is 10.5. The minimum absolute atomic E-state index is 0.0931. The van der Waals surface area contributed by atoms with Gasteiger partial charge in [-0.15, -0.1) is 11.3 Å². The Bertz CT molecular complexity index is 1180. The van der Waals surface area contributed by atoms with Gasteiger partial charge in [-0.3, -0.25) is 9.59 Å². The van der Waals surface area contributed by atoms with Crippen molar-refractivity contribution in [3.8, 4) is 11.5 Å². The van der Waals surface area contributed by atoms with Crippen molar-refractivity contribution in [2.24, 2.45) is 0 Å². The van der Waals surface area contributed by atoms with Crippen LogP contribution >= 0.6 is 11.3 Å². The van der Waals surface area contributed by atoms with Crippen LogP contribution in [0.4, 0.5) is 0 Å². The number of aliphatic hydroxyl groups excluding tert-OH is 1. The number of hydrogen-bond acceptors (Lipinski definition) is 6. The van der Waals surface area contributed by atoms with E-state index >= 15 is 0 Å². The average molecular weight is 450 g/mol.